The lowest BCUT2D eigenvalue weighted by molar-refractivity contribution is -0.128. The molecule has 3 rings (SSSR count). The van der Waals surface area contributed by atoms with Crippen molar-refractivity contribution >= 4 is 17.5 Å². The van der Waals surface area contributed by atoms with Gasteiger partial charge in [0, 0.05) is 0 Å². The highest BCUT2D eigenvalue weighted by molar-refractivity contribution is 6.32. The zero-order valence-corrected chi connectivity index (χ0v) is 16.2. The van der Waals surface area contributed by atoms with Gasteiger partial charge < -0.3 is 10.1 Å². The number of hydrogen-bond donors (Lipinski definition) is 1. The molecule has 138 valence electrons. The first-order valence-electron chi connectivity index (χ1n) is 9.41. The molecule has 0 saturated heterocycles. The lowest BCUT2D eigenvalue weighted by Gasteiger charge is -2.23. The van der Waals surface area contributed by atoms with Crippen molar-refractivity contribution in [2.75, 3.05) is 0 Å². The number of hydrogen-bond acceptors (Lipinski definition) is 2. The highest BCUT2D eigenvalue weighted by atomic mass is 35.5. The maximum atomic E-state index is 12.6. The van der Waals surface area contributed by atoms with Crippen molar-refractivity contribution in [3.8, 4) is 5.75 Å². The maximum Gasteiger partial charge on any atom is 0.261 e. The number of carbonyl (C=O) groups is 1. The van der Waals surface area contributed by atoms with Gasteiger partial charge >= 0.3 is 0 Å². The highest BCUT2D eigenvalue weighted by Crippen LogP contribution is 2.27. The number of amides is 1. The second kappa shape index (κ2) is 8.59. The summed E-state index contributed by atoms with van der Waals surface area (Å²) in [4.78, 5) is 12.6. The van der Waals surface area contributed by atoms with Crippen molar-refractivity contribution < 1.29 is 9.53 Å². The quantitative estimate of drug-likeness (QED) is 0.752. The van der Waals surface area contributed by atoms with Gasteiger partial charge in [-0.05, 0) is 67.9 Å². The molecule has 2 aromatic carbocycles. The Morgan fingerprint density at radius 2 is 1.88 bits per heavy atom. The van der Waals surface area contributed by atoms with Gasteiger partial charge in [0.2, 0.25) is 0 Å². The monoisotopic (exact) mass is 371 g/mol. The number of benzene rings is 2. The van der Waals surface area contributed by atoms with Gasteiger partial charge in [-0.25, -0.2) is 0 Å². The van der Waals surface area contributed by atoms with Crippen LogP contribution in [-0.2, 0) is 17.6 Å². The summed E-state index contributed by atoms with van der Waals surface area (Å²) in [5.74, 6) is 0.396. The number of aryl methyl sites for hydroxylation is 2. The zero-order chi connectivity index (χ0) is 18.5. The summed E-state index contributed by atoms with van der Waals surface area (Å²) >= 11 is 6.11. The summed E-state index contributed by atoms with van der Waals surface area (Å²) in [6.45, 7) is 3.84. The molecule has 0 saturated carbocycles. The molecule has 0 radical (unpaired) electrons. The molecule has 0 heterocycles. The van der Waals surface area contributed by atoms with E-state index in [1.165, 1.54) is 36.0 Å². The second-order valence-electron chi connectivity index (χ2n) is 6.90. The predicted octanol–water partition coefficient (Wildman–Crippen LogP) is 5.25. The molecule has 0 unspecified atom stereocenters. The van der Waals surface area contributed by atoms with Gasteiger partial charge in [0.15, 0.2) is 6.10 Å². The second-order valence-corrected chi connectivity index (χ2v) is 7.30. The standard InChI is InChI=1S/C22H26ClNO2/c1-3-20(18-13-12-16-8-4-5-9-17(16)14-18)24-22(25)15(2)26-21-11-7-6-10-19(21)23/h6-7,10-15,20H,3-5,8-9H2,1-2H3,(H,24,25)/t15-,20+/m0/s1. The fourth-order valence-corrected chi connectivity index (χ4v) is 3.64. The molecule has 1 N–H and O–H groups in total. The molecule has 0 aromatic heterocycles. The molecule has 26 heavy (non-hydrogen) atoms. The van der Waals surface area contributed by atoms with E-state index < -0.39 is 6.10 Å². The van der Waals surface area contributed by atoms with Crippen LogP contribution < -0.4 is 10.1 Å². The molecule has 1 aliphatic rings. The average Bonchev–Trinajstić information content (AvgIpc) is 2.67. The van der Waals surface area contributed by atoms with Crippen LogP contribution in [0.15, 0.2) is 42.5 Å². The first-order chi connectivity index (χ1) is 12.6. The number of carbonyl (C=O) groups excluding carboxylic acids is 1. The van der Waals surface area contributed by atoms with E-state index in [1.807, 2.05) is 12.1 Å². The van der Waals surface area contributed by atoms with E-state index in [0.717, 1.165) is 12.8 Å². The number of fused-ring (bicyclic) bond motifs is 1. The highest BCUT2D eigenvalue weighted by Gasteiger charge is 2.21. The smallest absolute Gasteiger partial charge is 0.261 e. The largest absolute Gasteiger partial charge is 0.479 e. The van der Waals surface area contributed by atoms with Crippen molar-refractivity contribution in [1.82, 2.24) is 5.32 Å². The van der Waals surface area contributed by atoms with E-state index in [2.05, 4.69) is 30.4 Å². The van der Waals surface area contributed by atoms with Crippen molar-refractivity contribution in [3.05, 3.63) is 64.2 Å². The van der Waals surface area contributed by atoms with Crippen LogP contribution in [0.1, 0.15) is 55.8 Å². The Hall–Kier alpha value is -2.00. The normalized spacial score (nSPS) is 15.7. The Labute approximate surface area is 160 Å². The summed E-state index contributed by atoms with van der Waals surface area (Å²) in [5, 5.41) is 3.63. The van der Waals surface area contributed by atoms with Crippen LogP contribution in [-0.4, -0.2) is 12.0 Å². The molecule has 0 aliphatic heterocycles. The third-order valence-electron chi connectivity index (χ3n) is 5.01. The molecular formula is C22H26ClNO2. The Morgan fingerprint density at radius 1 is 1.15 bits per heavy atom. The number of halogens is 1. The number of para-hydroxylation sites is 1. The zero-order valence-electron chi connectivity index (χ0n) is 15.4. The van der Waals surface area contributed by atoms with Crippen molar-refractivity contribution in [3.63, 3.8) is 0 Å². The molecular weight excluding hydrogens is 346 g/mol. The maximum absolute atomic E-state index is 12.6. The van der Waals surface area contributed by atoms with Gasteiger partial charge in [-0.15, -0.1) is 0 Å². The number of rotatable bonds is 6. The molecule has 2 aromatic rings. The Kier molecular flexibility index (Phi) is 6.20. The summed E-state index contributed by atoms with van der Waals surface area (Å²) in [7, 11) is 0. The molecule has 0 fully saturated rings. The minimum atomic E-state index is -0.610. The van der Waals surface area contributed by atoms with Crippen LogP contribution in [0.2, 0.25) is 5.02 Å². The number of ether oxygens (including phenoxy) is 1. The van der Waals surface area contributed by atoms with Gasteiger partial charge in [0.1, 0.15) is 5.75 Å². The fourth-order valence-electron chi connectivity index (χ4n) is 3.46. The van der Waals surface area contributed by atoms with Crippen molar-refractivity contribution in [2.45, 2.75) is 58.1 Å². The van der Waals surface area contributed by atoms with E-state index in [-0.39, 0.29) is 11.9 Å². The van der Waals surface area contributed by atoms with Crippen LogP contribution in [0.4, 0.5) is 0 Å². The van der Waals surface area contributed by atoms with E-state index >= 15 is 0 Å². The van der Waals surface area contributed by atoms with Gasteiger partial charge in [0.25, 0.3) is 5.91 Å². The molecule has 3 nitrogen and oxygen atoms in total. The third-order valence-corrected chi connectivity index (χ3v) is 5.32. The van der Waals surface area contributed by atoms with Crippen LogP contribution in [0, 0.1) is 0 Å². The lowest BCUT2D eigenvalue weighted by atomic mass is 9.89. The first-order valence-corrected chi connectivity index (χ1v) is 9.79. The van der Waals surface area contributed by atoms with E-state index in [9.17, 15) is 4.79 Å². The fraction of sp³-hybridized carbons (Fsp3) is 0.409. The van der Waals surface area contributed by atoms with Gasteiger partial charge in [0.05, 0.1) is 11.1 Å². The van der Waals surface area contributed by atoms with Crippen LogP contribution in [0.25, 0.3) is 0 Å². The van der Waals surface area contributed by atoms with Crippen LogP contribution >= 0.6 is 11.6 Å². The van der Waals surface area contributed by atoms with Gasteiger partial charge in [-0.1, -0.05) is 48.9 Å². The minimum Gasteiger partial charge on any atom is -0.479 e. The summed E-state index contributed by atoms with van der Waals surface area (Å²) in [5.41, 5.74) is 4.06. The summed E-state index contributed by atoms with van der Waals surface area (Å²) < 4.78 is 5.73. The SMILES string of the molecule is CC[C@@H](NC(=O)[C@H](C)Oc1ccccc1Cl)c1ccc2c(c1)CCCC2. The minimum absolute atomic E-state index is 0.00739. The predicted molar refractivity (Wildman–Crippen MR) is 106 cm³/mol. The topological polar surface area (TPSA) is 38.3 Å². The average molecular weight is 372 g/mol. The van der Waals surface area contributed by atoms with E-state index in [1.54, 1.807) is 19.1 Å². The first kappa shape index (κ1) is 18.8. The molecule has 4 heteroatoms. The molecule has 1 amide bonds. The summed E-state index contributed by atoms with van der Waals surface area (Å²) in [6.07, 6.45) is 5.06. The molecule has 2 atom stereocenters. The molecule has 0 bridgehead atoms. The Bertz CT molecular complexity index is 774. The number of nitrogens with one attached hydrogen (secondary N) is 1. The van der Waals surface area contributed by atoms with E-state index in [0.29, 0.717) is 10.8 Å². The van der Waals surface area contributed by atoms with E-state index in [4.69, 9.17) is 16.3 Å². The van der Waals surface area contributed by atoms with Gasteiger partial charge in [-0.2, -0.15) is 0 Å². The van der Waals surface area contributed by atoms with Gasteiger partial charge in [-0.3, -0.25) is 4.79 Å². The van der Waals surface area contributed by atoms with Crippen molar-refractivity contribution in [1.29, 1.82) is 0 Å². The summed E-state index contributed by atoms with van der Waals surface area (Å²) in [6, 6.07) is 13.8. The lowest BCUT2D eigenvalue weighted by Crippen LogP contribution is -2.38. The Balaban J connectivity index is 1.67. The Morgan fingerprint density at radius 3 is 2.62 bits per heavy atom. The molecule has 1 aliphatic carbocycles. The van der Waals surface area contributed by atoms with Crippen LogP contribution in [0.3, 0.4) is 0 Å². The molecule has 0 spiro atoms. The van der Waals surface area contributed by atoms with Crippen LogP contribution in [0.5, 0.6) is 5.75 Å². The van der Waals surface area contributed by atoms with Crippen molar-refractivity contribution in [2.24, 2.45) is 0 Å². The third kappa shape index (κ3) is 4.39.